The van der Waals surface area contributed by atoms with Crippen LogP contribution in [0.25, 0.3) is 0 Å². The van der Waals surface area contributed by atoms with Crippen LogP contribution in [0.5, 0.6) is 0 Å². The molecule has 21 heavy (non-hydrogen) atoms. The van der Waals surface area contributed by atoms with E-state index in [0.29, 0.717) is 12.1 Å². The number of hydrogen-bond acceptors (Lipinski definition) is 1. The Morgan fingerprint density at radius 2 is 1.24 bits per heavy atom. The highest BCUT2D eigenvalue weighted by Gasteiger charge is 2.36. The number of alkyl halides is 6. The molecule has 1 rings (SSSR count). The molecule has 1 aromatic rings. The van der Waals surface area contributed by atoms with Crippen molar-refractivity contribution in [2.24, 2.45) is 0 Å². The first kappa shape index (κ1) is 17.2. The normalized spacial score (nSPS) is 12.6. The lowest BCUT2D eigenvalue weighted by Crippen LogP contribution is -2.15. The molecule has 0 heterocycles. The zero-order valence-electron chi connectivity index (χ0n) is 11.4. The van der Waals surface area contributed by atoms with Crippen LogP contribution < -0.4 is 0 Å². The van der Waals surface area contributed by atoms with E-state index in [1.54, 1.807) is 20.8 Å². The van der Waals surface area contributed by atoms with Crippen LogP contribution in [-0.2, 0) is 17.1 Å². The minimum Gasteiger partial charge on any atom is -0.441 e. The van der Waals surface area contributed by atoms with Crippen LogP contribution in [0.15, 0.2) is 18.2 Å². The Bertz CT molecular complexity index is 534. The number of ether oxygens (including phenoxy) is 1. The quantitative estimate of drug-likeness (QED) is 0.492. The molecule has 0 aliphatic rings. The Labute approximate surface area is 117 Å². The Hall–Kier alpha value is -1.84. The second kappa shape index (κ2) is 5.51. The maximum Gasteiger partial charge on any atom is 0.416 e. The van der Waals surface area contributed by atoms with E-state index in [1.165, 1.54) is 0 Å². The first-order valence-electron chi connectivity index (χ1n) is 5.77. The highest BCUT2D eigenvalue weighted by molar-refractivity contribution is 5.42. The molecule has 0 aliphatic heterocycles. The predicted molar refractivity (Wildman–Crippen MR) is 64.2 cm³/mol. The van der Waals surface area contributed by atoms with E-state index in [2.05, 4.69) is 12.0 Å². The van der Waals surface area contributed by atoms with Gasteiger partial charge in [-0.25, -0.2) is 0 Å². The van der Waals surface area contributed by atoms with E-state index >= 15 is 0 Å². The van der Waals surface area contributed by atoms with Gasteiger partial charge in [-0.2, -0.15) is 26.3 Å². The minimum atomic E-state index is -4.89. The van der Waals surface area contributed by atoms with Crippen LogP contribution in [0.4, 0.5) is 26.3 Å². The fourth-order valence-electron chi connectivity index (χ4n) is 1.26. The van der Waals surface area contributed by atoms with Gasteiger partial charge in [0.05, 0.1) is 11.1 Å². The van der Waals surface area contributed by atoms with Crippen LogP contribution in [0, 0.1) is 12.0 Å². The third-order valence-electron chi connectivity index (χ3n) is 2.14. The summed E-state index contributed by atoms with van der Waals surface area (Å²) in [4.78, 5) is 0. The second-order valence-electron chi connectivity index (χ2n) is 5.24. The van der Waals surface area contributed by atoms with Crippen LogP contribution in [0.2, 0.25) is 0 Å². The number of benzene rings is 1. The van der Waals surface area contributed by atoms with E-state index in [-0.39, 0.29) is 6.07 Å². The molecule has 0 saturated carbocycles. The first-order valence-corrected chi connectivity index (χ1v) is 5.77. The van der Waals surface area contributed by atoms with Gasteiger partial charge in [0.2, 0.25) is 0 Å². The van der Waals surface area contributed by atoms with Crippen LogP contribution in [0.3, 0.4) is 0 Å². The Morgan fingerprint density at radius 3 is 1.57 bits per heavy atom. The molecule has 0 saturated heterocycles. The van der Waals surface area contributed by atoms with Crippen molar-refractivity contribution in [1.29, 1.82) is 0 Å². The van der Waals surface area contributed by atoms with Gasteiger partial charge >= 0.3 is 12.4 Å². The summed E-state index contributed by atoms with van der Waals surface area (Å²) in [5, 5.41) is 0. The monoisotopic (exact) mass is 310 g/mol. The highest BCUT2D eigenvalue weighted by atomic mass is 19.4. The molecule has 0 unspecified atom stereocenters. The smallest absolute Gasteiger partial charge is 0.416 e. The fraction of sp³-hybridized carbons (Fsp3) is 0.429. The van der Waals surface area contributed by atoms with Crippen molar-refractivity contribution >= 4 is 0 Å². The minimum absolute atomic E-state index is 0.0514. The lowest BCUT2D eigenvalue weighted by Gasteiger charge is -2.14. The number of rotatable bonds is 0. The van der Waals surface area contributed by atoms with Crippen molar-refractivity contribution < 1.29 is 31.1 Å². The lowest BCUT2D eigenvalue weighted by molar-refractivity contribution is -0.143. The van der Waals surface area contributed by atoms with E-state index in [0.717, 1.165) is 0 Å². The zero-order chi connectivity index (χ0) is 16.5. The highest BCUT2D eigenvalue weighted by Crippen LogP contribution is 2.36. The van der Waals surface area contributed by atoms with Gasteiger partial charge in [0, 0.05) is 5.56 Å². The SMILES string of the molecule is CC(C)(C)OC#Cc1cc(C(F)(F)F)cc(C(F)(F)F)c1. The molecule has 0 aliphatic carbocycles. The topological polar surface area (TPSA) is 9.23 Å². The molecule has 0 amide bonds. The van der Waals surface area contributed by atoms with Gasteiger partial charge < -0.3 is 4.74 Å². The van der Waals surface area contributed by atoms with Gasteiger partial charge in [-0.15, -0.1) is 0 Å². The molecule has 1 nitrogen and oxygen atoms in total. The summed E-state index contributed by atoms with van der Waals surface area (Å²) in [5.41, 5.74) is -3.90. The average Bonchev–Trinajstić information content (AvgIpc) is 2.24. The molecule has 7 heteroatoms. The largest absolute Gasteiger partial charge is 0.441 e. The summed E-state index contributed by atoms with van der Waals surface area (Å²) in [5.74, 6) is 2.15. The van der Waals surface area contributed by atoms with Gasteiger partial charge in [-0.3, -0.25) is 0 Å². The molecule has 0 N–H and O–H groups in total. The first-order chi connectivity index (χ1) is 9.29. The molecule has 1 aromatic carbocycles. The summed E-state index contributed by atoms with van der Waals surface area (Å²) in [6, 6.07) is 1.15. The van der Waals surface area contributed by atoms with Crippen LogP contribution in [-0.4, -0.2) is 5.60 Å². The molecule has 0 aromatic heterocycles. The summed E-state index contributed by atoms with van der Waals surface area (Å²) in [6.07, 6.45) is -7.66. The lowest BCUT2D eigenvalue weighted by atomic mass is 10.1. The molecule has 0 bridgehead atoms. The van der Waals surface area contributed by atoms with E-state index in [4.69, 9.17) is 4.74 Å². The summed E-state index contributed by atoms with van der Waals surface area (Å²) in [6.45, 7) is 4.94. The molecule has 0 atom stereocenters. The standard InChI is InChI=1S/C14H12F6O/c1-12(2,3)21-5-4-9-6-10(13(15,16)17)8-11(7-9)14(18,19)20/h6-8H,1-3H3. The van der Waals surface area contributed by atoms with Crippen LogP contribution in [0.1, 0.15) is 37.5 Å². The second-order valence-corrected chi connectivity index (χ2v) is 5.24. The van der Waals surface area contributed by atoms with Gasteiger partial charge in [0.1, 0.15) is 11.7 Å². The molecular weight excluding hydrogens is 298 g/mol. The fourth-order valence-corrected chi connectivity index (χ4v) is 1.26. The van der Waals surface area contributed by atoms with Gasteiger partial charge in [0.25, 0.3) is 0 Å². The van der Waals surface area contributed by atoms with Crippen molar-refractivity contribution in [2.75, 3.05) is 0 Å². The third kappa shape index (κ3) is 5.58. The van der Waals surface area contributed by atoms with E-state index in [9.17, 15) is 26.3 Å². The Kier molecular flexibility index (Phi) is 4.51. The Morgan fingerprint density at radius 1 is 0.810 bits per heavy atom. The molecular formula is C14H12F6O. The van der Waals surface area contributed by atoms with Gasteiger partial charge in [0.15, 0.2) is 0 Å². The predicted octanol–water partition coefficient (Wildman–Crippen LogP) is 4.85. The average molecular weight is 310 g/mol. The summed E-state index contributed by atoms with van der Waals surface area (Å²) < 4.78 is 80.6. The summed E-state index contributed by atoms with van der Waals surface area (Å²) >= 11 is 0. The maximum absolute atomic E-state index is 12.6. The molecule has 116 valence electrons. The van der Waals surface area contributed by atoms with Crippen LogP contribution >= 0.6 is 0 Å². The van der Waals surface area contributed by atoms with Crippen molar-refractivity contribution in [2.45, 2.75) is 38.7 Å². The molecule has 0 fully saturated rings. The third-order valence-corrected chi connectivity index (χ3v) is 2.14. The summed E-state index contributed by atoms with van der Waals surface area (Å²) in [7, 11) is 0. The Balaban J connectivity index is 3.27. The van der Waals surface area contributed by atoms with E-state index < -0.39 is 34.6 Å². The van der Waals surface area contributed by atoms with Crippen molar-refractivity contribution in [1.82, 2.24) is 0 Å². The van der Waals surface area contributed by atoms with Gasteiger partial charge in [-0.1, -0.05) is 0 Å². The maximum atomic E-state index is 12.6. The van der Waals surface area contributed by atoms with E-state index in [1.807, 2.05) is 0 Å². The van der Waals surface area contributed by atoms with Crippen molar-refractivity contribution in [3.63, 3.8) is 0 Å². The number of halogens is 6. The molecule has 0 radical (unpaired) electrons. The zero-order valence-corrected chi connectivity index (χ0v) is 11.4. The van der Waals surface area contributed by atoms with Crippen molar-refractivity contribution in [3.8, 4) is 12.0 Å². The van der Waals surface area contributed by atoms with Crippen molar-refractivity contribution in [3.05, 3.63) is 34.9 Å². The van der Waals surface area contributed by atoms with Gasteiger partial charge in [-0.05, 0) is 44.9 Å². The number of hydrogen-bond donors (Lipinski definition) is 0. The molecule has 0 spiro atoms.